The second kappa shape index (κ2) is 3.55. The summed E-state index contributed by atoms with van der Waals surface area (Å²) < 4.78 is 4.74. The van der Waals surface area contributed by atoms with Crippen molar-refractivity contribution >= 4 is 28.3 Å². The fourth-order valence-electron chi connectivity index (χ4n) is 0.640. The summed E-state index contributed by atoms with van der Waals surface area (Å²) in [6, 6.07) is 6.24. The van der Waals surface area contributed by atoms with Crippen molar-refractivity contribution in [1.29, 1.82) is 0 Å². The van der Waals surface area contributed by atoms with Gasteiger partial charge < -0.3 is 9.84 Å². The highest BCUT2D eigenvalue weighted by Crippen LogP contribution is 2.18. The minimum Gasteiger partial charge on any atom is -0.508 e. The summed E-state index contributed by atoms with van der Waals surface area (Å²) >= 11 is 9.77. The van der Waals surface area contributed by atoms with Crippen LogP contribution in [-0.2, 0) is 0 Å². The molecular weight excluding hydrogens is 184 g/mol. The van der Waals surface area contributed by atoms with Crippen LogP contribution in [0.4, 0.5) is 0 Å². The van der Waals surface area contributed by atoms with Gasteiger partial charge in [-0.15, -0.1) is 0 Å². The summed E-state index contributed by atoms with van der Waals surface area (Å²) in [6.45, 7) is 0. The molecule has 1 N–H and O–H groups in total. The van der Waals surface area contributed by atoms with Crippen molar-refractivity contribution in [1.82, 2.24) is 0 Å². The smallest absolute Gasteiger partial charge is 0.260 e. The van der Waals surface area contributed by atoms with Gasteiger partial charge in [-0.2, -0.15) is 0 Å². The molecular formula is C7H5ClO2S. The molecule has 0 saturated heterocycles. The molecule has 2 nitrogen and oxygen atoms in total. The molecule has 0 aliphatic carbocycles. The Morgan fingerprint density at radius 2 is 2.27 bits per heavy atom. The highest BCUT2D eigenvalue weighted by atomic mass is 35.5. The van der Waals surface area contributed by atoms with Gasteiger partial charge in [-0.1, -0.05) is 6.07 Å². The van der Waals surface area contributed by atoms with Crippen LogP contribution in [0.1, 0.15) is 0 Å². The van der Waals surface area contributed by atoms with Crippen molar-refractivity contribution in [3.05, 3.63) is 24.3 Å². The minimum atomic E-state index is -0.0874. The Morgan fingerprint density at radius 1 is 1.55 bits per heavy atom. The lowest BCUT2D eigenvalue weighted by Crippen LogP contribution is -1.94. The zero-order chi connectivity index (χ0) is 8.27. The summed E-state index contributed by atoms with van der Waals surface area (Å²) in [6.07, 6.45) is 0. The molecule has 0 aromatic heterocycles. The van der Waals surface area contributed by atoms with Gasteiger partial charge >= 0.3 is 0 Å². The molecule has 0 atom stereocenters. The van der Waals surface area contributed by atoms with Crippen LogP contribution in [-0.4, -0.2) is 9.62 Å². The van der Waals surface area contributed by atoms with Gasteiger partial charge in [0, 0.05) is 6.07 Å². The highest BCUT2D eigenvalue weighted by Gasteiger charge is 1.96. The molecule has 0 aliphatic rings. The molecule has 0 radical (unpaired) electrons. The van der Waals surface area contributed by atoms with E-state index in [0.717, 1.165) is 0 Å². The van der Waals surface area contributed by atoms with Crippen molar-refractivity contribution in [3.8, 4) is 11.5 Å². The molecule has 0 spiro atoms. The van der Waals surface area contributed by atoms with E-state index in [4.69, 9.17) is 21.4 Å². The molecule has 0 aliphatic heterocycles. The number of ether oxygens (including phenoxy) is 1. The maximum absolute atomic E-state index is 8.96. The highest BCUT2D eigenvalue weighted by molar-refractivity contribution is 7.82. The number of phenolic OH excluding ortho intramolecular Hbond substituents is 1. The first kappa shape index (κ1) is 8.30. The Labute approximate surface area is 74.4 Å². The average Bonchev–Trinajstić information content (AvgIpc) is 1.85. The van der Waals surface area contributed by atoms with Crippen molar-refractivity contribution in [2.24, 2.45) is 0 Å². The van der Waals surface area contributed by atoms with E-state index in [0.29, 0.717) is 5.75 Å². The Morgan fingerprint density at radius 3 is 2.82 bits per heavy atom. The van der Waals surface area contributed by atoms with Crippen LogP contribution in [0.25, 0.3) is 0 Å². The fourth-order valence-corrected chi connectivity index (χ4v) is 0.825. The maximum atomic E-state index is 8.96. The quantitative estimate of drug-likeness (QED) is 0.542. The third-order valence-electron chi connectivity index (χ3n) is 1.02. The molecule has 0 bridgehead atoms. The second-order valence-corrected chi connectivity index (χ2v) is 2.78. The molecule has 0 fully saturated rings. The van der Waals surface area contributed by atoms with Crippen LogP contribution >= 0.6 is 23.8 Å². The summed E-state index contributed by atoms with van der Waals surface area (Å²) in [7, 11) is 0. The van der Waals surface area contributed by atoms with Crippen molar-refractivity contribution in [3.63, 3.8) is 0 Å². The Kier molecular flexibility index (Phi) is 2.68. The van der Waals surface area contributed by atoms with Crippen LogP contribution in [0.5, 0.6) is 11.5 Å². The number of rotatable bonds is 1. The van der Waals surface area contributed by atoms with E-state index >= 15 is 0 Å². The first-order valence-electron chi connectivity index (χ1n) is 2.85. The van der Waals surface area contributed by atoms with Gasteiger partial charge in [-0.25, -0.2) is 0 Å². The molecule has 0 unspecified atom stereocenters. The van der Waals surface area contributed by atoms with Gasteiger partial charge in [0.15, 0.2) is 0 Å². The predicted molar refractivity (Wildman–Crippen MR) is 47.2 cm³/mol. The Balaban J connectivity index is 2.79. The van der Waals surface area contributed by atoms with E-state index in [1.807, 2.05) is 0 Å². The van der Waals surface area contributed by atoms with Crippen LogP contribution in [0, 0.1) is 0 Å². The summed E-state index contributed by atoms with van der Waals surface area (Å²) in [5.74, 6) is 0.556. The molecule has 1 aromatic carbocycles. The summed E-state index contributed by atoms with van der Waals surface area (Å²) in [5.41, 5.74) is 0. The standard InChI is InChI=1S/C7H5ClO2S/c8-7(11)10-6-3-1-2-5(9)4-6/h1-4,9H. The molecule has 0 heterocycles. The Bertz CT molecular complexity index is 275. The monoisotopic (exact) mass is 188 g/mol. The van der Waals surface area contributed by atoms with E-state index in [2.05, 4.69) is 12.2 Å². The molecule has 1 aromatic rings. The zero-order valence-electron chi connectivity index (χ0n) is 5.45. The molecule has 0 saturated carbocycles. The van der Waals surface area contributed by atoms with Crippen LogP contribution in [0.2, 0.25) is 0 Å². The summed E-state index contributed by atoms with van der Waals surface area (Å²) in [5, 5.41) is 8.96. The maximum Gasteiger partial charge on any atom is 0.260 e. The zero-order valence-corrected chi connectivity index (χ0v) is 7.02. The van der Waals surface area contributed by atoms with E-state index in [9.17, 15) is 0 Å². The molecule has 58 valence electrons. The third kappa shape index (κ3) is 2.74. The first-order chi connectivity index (χ1) is 5.18. The van der Waals surface area contributed by atoms with Crippen molar-refractivity contribution < 1.29 is 9.84 Å². The SMILES string of the molecule is Oc1cccc(OC(=S)Cl)c1. The van der Waals surface area contributed by atoms with Crippen LogP contribution in [0.3, 0.4) is 0 Å². The molecule has 4 heteroatoms. The lowest BCUT2D eigenvalue weighted by atomic mass is 10.3. The molecule has 11 heavy (non-hydrogen) atoms. The van der Waals surface area contributed by atoms with E-state index in [-0.39, 0.29) is 10.3 Å². The van der Waals surface area contributed by atoms with Gasteiger partial charge in [-0.3, -0.25) is 0 Å². The van der Waals surface area contributed by atoms with Crippen molar-refractivity contribution in [2.75, 3.05) is 0 Å². The summed E-state index contributed by atoms with van der Waals surface area (Å²) in [4.78, 5) is 0. The van der Waals surface area contributed by atoms with E-state index in [1.54, 1.807) is 12.1 Å². The number of aromatic hydroxyl groups is 1. The van der Waals surface area contributed by atoms with Crippen molar-refractivity contribution in [2.45, 2.75) is 0 Å². The van der Waals surface area contributed by atoms with Gasteiger partial charge in [-0.05, 0) is 36.0 Å². The largest absolute Gasteiger partial charge is 0.508 e. The first-order valence-corrected chi connectivity index (χ1v) is 3.63. The van der Waals surface area contributed by atoms with E-state index < -0.39 is 0 Å². The fraction of sp³-hybridized carbons (Fsp3) is 0. The second-order valence-electron chi connectivity index (χ2n) is 1.84. The number of hydrogen-bond donors (Lipinski definition) is 1. The predicted octanol–water partition coefficient (Wildman–Crippen LogP) is 2.29. The van der Waals surface area contributed by atoms with Crippen LogP contribution in [0.15, 0.2) is 24.3 Å². The lowest BCUT2D eigenvalue weighted by molar-refractivity contribution is 0.470. The van der Waals surface area contributed by atoms with Crippen LogP contribution < -0.4 is 4.74 Å². The molecule has 1 rings (SSSR count). The average molecular weight is 189 g/mol. The van der Waals surface area contributed by atoms with Gasteiger partial charge in [0.05, 0.1) is 0 Å². The minimum absolute atomic E-state index is 0.0874. The topological polar surface area (TPSA) is 29.5 Å². The normalized spacial score (nSPS) is 9.18. The Hall–Kier alpha value is -0.800. The van der Waals surface area contributed by atoms with E-state index in [1.165, 1.54) is 12.1 Å². The number of hydrogen-bond acceptors (Lipinski definition) is 3. The van der Waals surface area contributed by atoms with Gasteiger partial charge in [0.25, 0.3) is 4.51 Å². The number of thiocarbonyl (C=S) groups is 1. The van der Waals surface area contributed by atoms with Gasteiger partial charge in [0.1, 0.15) is 11.5 Å². The lowest BCUT2D eigenvalue weighted by Gasteiger charge is -2.00. The molecule has 0 amide bonds. The van der Waals surface area contributed by atoms with Gasteiger partial charge in [0.2, 0.25) is 0 Å². The number of phenols is 1. The number of halogens is 1. The third-order valence-corrected chi connectivity index (χ3v) is 1.18. The number of benzene rings is 1.